The van der Waals surface area contributed by atoms with Crippen LogP contribution in [0.1, 0.15) is 36.2 Å². The molecule has 1 aromatic heterocycles. The van der Waals surface area contributed by atoms with Gasteiger partial charge in [0, 0.05) is 17.5 Å². The number of rotatable bonds is 5. The zero-order valence-electron chi connectivity index (χ0n) is 9.79. The normalized spacial score (nSPS) is 18.1. The Bertz CT molecular complexity index is 405. The summed E-state index contributed by atoms with van der Waals surface area (Å²) in [4.78, 5) is 12.6. The number of halogens is 1. The number of hydrogen-bond acceptors (Lipinski definition) is 4. The number of fused-ring (bicyclic) bond motifs is 1. The topological polar surface area (TPSA) is 38.3 Å². The van der Waals surface area contributed by atoms with Gasteiger partial charge in [-0.3, -0.25) is 4.79 Å². The molecule has 0 aromatic carbocycles. The highest BCUT2D eigenvalue weighted by Crippen LogP contribution is 2.39. The number of thiophene rings is 1. The van der Waals surface area contributed by atoms with Crippen LogP contribution in [0.3, 0.4) is 0 Å². The number of aryl methyl sites for hydroxylation is 1. The Morgan fingerprint density at radius 3 is 3.29 bits per heavy atom. The fourth-order valence-electron chi connectivity index (χ4n) is 2.12. The molecule has 0 saturated heterocycles. The maximum atomic E-state index is 11.2. The Kier molecular flexibility index (Phi) is 4.42. The molecular formula is C12H16ClNO2S. The number of carbonyl (C=O) groups excluding carboxylic acids is 1. The molecule has 1 aliphatic rings. The van der Waals surface area contributed by atoms with Crippen molar-refractivity contribution in [3.63, 3.8) is 0 Å². The number of carbonyl (C=O) groups is 1. The zero-order valence-corrected chi connectivity index (χ0v) is 11.4. The van der Waals surface area contributed by atoms with Crippen molar-refractivity contribution in [3.05, 3.63) is 20.8 Å². The van der Waals surface area contributed by atoms with Crippen LogP contribution in [-0.2, 0) is 16.0 Å². The van der Waals surface area contributed by atoms with E-state index in [1.54, 1.807) is 11.3 Å². The van der Waals surface area contributed by atoms with Crippen LogP contribution in [-0.4, -0.2) is 19.1 Å². The highest BCUT2D eigenvalue weighted by atomic mass is 35.5. The molecule has 0 amide bonds. The minimum absolute atomic E-state index is 0.137. The molecule has 1 aromatic rings. The molecule has 0 fully saturated rings. The van der Waals surface area contributed by atoms with Crippen LogP contribution in [0.5, 0.6) is 0 Å². The molecule has 0 saturated carbocycles. The van der Waals surface area contributed by atoms with E-state index in [2.05, 4.69) is 5.32 Å². The van der Waals surface area contributed by atoms with Crippen molar-refractivity contribution >= 4 is 28.9 Å². The summed E-state index contributed by atoms with van der Waals surface area (Å²) >= 11 is 7.65. The van der Waals surface area contributed by atoms with Gasteiger partial charge < -0.3 is 10.1 Å². The number of ether oxygens (including phenoxy) is 1. The van der Waals surface area contributed by atoms with Crippen molar-refractivity contribution in [2.45, 2.75) is 32.2 Å². The first-order valence-electron chi connectivity index (χ1n) is 5.87. The second kappa shape index (κ2) is 5.85. The summed E-state index contributed by atoms with van der Waals surface area (Å²) in [7, 11) is 0. The smallest absolute Gasteiger partial charge is 0.307 e. The third-order valence-corrected chi connectivity index (χ3v) is 4.21. The maximum absolute atomic E-state index is 11.2. The van der Waals surface area contributed by atoms with E-state index in [-0.39, 0.29) is 5.97 Å². The largest absolute Gasteiger partial charge is 0.466 e. The summed E-state index contributed by atoms with van der Waals surface area (Å²) in [6.07, 6.45) is 2.61. The molecule has 17 heavy (non-hydrogen) atoms. The average Bonchev–Trinajstić information content (AvgIpc) is 2.79. The zero-order chi connectivity index (χ0) is 12.3. The molecule has 1 aliphatic carbocycles. The van der Waals surface area contributed by atoms with Gasteiger partial charge in [-0.05, 0) is 31.4 Å². The van der Waals surface area contributed by atoms with Gasteiger partial charge in [0.05, 0.1) is 17.4 Å². The van der Waals surface area contributed by atoms with Crippen LogP contribution in [0.4, 0.5) is 0 Å². The first-order chi connectivity index (χ1) is 8.20. The van der Waals surface area contributed by atoms with E-state index in [4.69, 9.17) is 16.3 Å². The van der Waals surface area contributed by atoms with Crippen LogP contribution in [0, 0.1) is 0 Å². The minimum atomic E-state index is -0.137. The van der Waals surface area contributed by atoms with Gasteiger partial charge in [-0.2, -0.15) is 0 Å². The molecule has 0 radical (unpaired) electrons. The fraction of sp³-hybridized carbons (Fsp3) is 0.583. The van der Waals surface area contributed by atoms with Gasteiger partial charge in [-0.1, -0.05) is 11.6 Å². The van der Waals surface area contributed by atoms with Gasteiger partial charge in [0.25, 0.3) is 0 Å². The summed E-state index contributed by atoms with van der Waals surface area (Å²) < 4.78 is 5.74. The van der Waals surface area contributed by atoms with Crippen molar-refractivity contribution in [1.29, 1.82) is 0 Å². The van der Waals surface area contributed by atoms with E-state index >= 15 is 0 Å². The molecule has 0 aliphatic heterocycles. The first-order valence-corrected chi connectivity index (χ1v) is 7.07. The van der Waals surface area contributed by atoms with E-state index in [9.17, 15) is 4.79 Å². The highest BCUT2D eigenvalue weighted by molar-refractivity contribution is 7.16. The van der Waals surface area contributed by atoms with Crippen LogP contribution in [0.2, 0.25) is 4.34 Å². The summed E-state index contributed by atoms with van der Waals surface area (Å²) in [6, 6.07) is 2.39. The Hall–Kier alpha value is -0.580. The quantitative estimate of drug-likeness (QED) is 0.839. The van der Waals surface area contributed by atoms with E-state index in [1.165, 1.54) is 10.4 Å². The summed E-state index contributed by atoms with van der Waals surface area (Å²) in [5.74, 6) is -0.137. The molecule has 2 rings (SSSR count). The molecule has 1 unspecified atom stereocenters. The number of hydrogen-bond donors (Lipinski definition) is 1. The molecule has 94 valence electrons. The van der Waals surface area contributed by atoms with E-state index in [0.717, 1.165) is 17.2 Å². The lowest BCUT2D eigenvalue weighted by Gasteiger charge is -2.12. The monoisotopic (exact) mass is 273 g/mol. The van der Waals surface area contributed by atoms with Crippen LogP contribution >= 0.6 is 22.9 Å². The van der Waals surface area contributed by atoms with E-state index in [1.807, 2.05) is 13.0 Å². The third kappa shape index (κ3) is 3.21. The predicted molar refractivity (Wildman–Crippen MR) is 69.6 cm³/mol. The fourth-order valence-corrected chi connectivity index (χ4v) is 3.48. The van der Waals surface area contributed by atoms with Crippen LogP contribution in [0.15, 0.2) is 6.07 Å². The Labute approximate surface area is 110 Å². The van der Waals surface area contributed by atoms with Gasteiger partial charge in [0.1, 0.15) is 0 Å². The van der Waals surface area contributed by atoms with Crippen molar-refractivity contribution in [3.8, 4) is 0 Å². The molecule has 5 heteroatoms. The predicted octanol–water partition coefficient (Wildman–Crippen LogP) is 2.93. The lowest BCUT2D eigenvalue weighted by atomic mass is 10.2. The Balaban J connectivity index is 1.79. The summed E-state index contributed by atoms with van der Waals surface area (Å²) in [5.41, 5.74) is 1.31. The molecule has 0 spiro atoms. The third-order valence-electron chi connectivity index (χ3n) is 2.87. The first kappa shape index (κ1) is 12.9. The Morgan fingerprint density at radius 2 is 2.53 bits per heavy atom. The van der Waals surface area contributed by atoms with Gasteiger partial charge in [-0.15, -0.1) is 11.3 Å². The maximum Gasteiger partial charge on any atom is 0.307 e. The lowest BCUT2D eigenvalue weighted by Crippen LogP contribution is -2.23. The van der Waals surface area contributed by atoms with E-state index in [0.29, 0.717) is 25.6 Å². The highest BCUT2D eigenvalue weighted by Gasteiger charge is 2.24. The average molecular weight is 274 g/mol. The van der Waals surface area contributed by atoms with Gasteiger partial charge >= 0.3 is 5.97 Å². The molecular weight excluding hydrogens is 258 g/mol. The molecule has 1 heterocycles. The van der Waals surface area contributed by atoms with Crippen molar-refractivity contribution in [1.82, 2.24) is 5.32 Å². The second-order valence-electron chi connectivity index (χ2n) is 4.03. The lowest BCUT2D eigenvalue weighted by molar-refractivity contribution is -0.143. The summed E-state index contributed by atoms with van der Waals surface area (Å²) in [6.45, 7) is 2.94. The number of nitrogens with one attached hydrogen (secondary N) is 1. The molecule has 1 atom stereocenters. The van der Waals surface area contributed by atoms with Crippen LogP contribution in [0.25, 0.3) is 0 Å². The molecule has 0 bridgehead atoms. The van der Waals surface area contributed by atoms with Gasteiger partial charge in [0.2, 0.25) is 0 Å². The second-order valence-corrected chi connectivity index (χ2v) is 5.80. The van der Waals surface area contributed by atoms with Gasteiger partial charge in [0.15, 0.2) is 0 Å². The number of esters is 1. The molecule has 3 nitrogen and oxygen atoms in total. The standard InChI is InChI=1S/C12H16ClNO2S/c1-2-16-12(15)5-6-14-9-3-4-10-8(9)7-11(13)17-10/h7,9,14H,2-6H2,1H3. The molecule has 1 N–H and O–H groups in total. The van der Waals surface area contributed by atoms with Gasteiger partial charge in [-0.25, -0.2) is 0 Å². The van der Waals surface area contributed by atoms with E-state index < -0.39 is 0 Å². The van der Waals surface area contributed by atoms with Crippen LogP contribution < -0.4 is 5.32 Å². The van der Waals surface area contributed by atoms with Crippen molar-refractivity contribution in [2.24, 2.45) is 0 Å². The Morgan fingerprint density at radius 1 is 1.71 bits per heavy atom. The van der Waals surface area contributed by atoms with Crippen molar-refractivity contribution in [2.75, 3.05) is 13.2 Å². The minimum Gasteiger partial charge on any atom is -0.466 e. The SMILES string of the molecule is CCOC(=O)CCNC1CCc2sc(Cl)cc21. The summed E-state index contributed by atoms with van der Waals surface area (Å²) in [5, 5.41) is 3.39. The van der Waals surface area contributed by atoms with Crippen molar-refractivity contribution < 1.29 is 9.53 Å².